The van der Waals surface area contributed by atoms with Gasteiger partial charge >= 0.3 is 6.16 Å². The highest BCUT2D eigenvalue weighted by Gasteiger charge is 2.09. The van der Waals surface area contributed by atoms with Crippen molar-refractivity contribution in [1.82, 2.24) is 0 Å². The van der Waals surface area contributed by atoms with Gasteiger partial charge in [0.15, 0.2) is 0 Å². The van der Waals surface area contributed by atoms with Crippen molar-refractivity contribution in [3.05, 3.63) is 0 Å². The fraction of sp³-hybridized carbons (Fsp3) is 0.571. The first-order chi connectivity index (χ1) is 6.36. The Morgan fingerprint density at radius 3 is 1.36 bits per heavy atom. The molecule has 0 saturated carbocycles. The Balaban J connectivity index is 0. The van der Waals surface area contributed by atoms with E-state index < -0.39 is 18.1 Å². The molecule has 2 N–H and O–H groups in total. The topological polar surface area (TPSA) is 110 Å². The van der Waals surface area contributed by atoms with Crippen LogP contribution in [0.4, 0.5) is 4.79 Å². The van der Waals surface area contributed by atoms with Crippen LogP contribution in [0.5, 0.6) is 0 Å². The third-order valence-electron chi connectivity index (χ3n) is 0.523. The predicted molar refractivity (Wildman–Crippen MR) is 43.9 cm³/mol. The van der Waals surface area contributed by atoms with Crippen LogP contribution in [-0.2, 0) is 19.1 Å². The fourth-order valence-electron chi connectivity index (χ4n) is 0.292. The summed E-state index contributed by atoms with van der Waals surface area (Å²) in [6.45, 7) is 3.00. The number of aliphatic carboxylic acids is 2. The molecule has 0 spiro atoms. The summed E-state index contributed by atoms with van der Waals surface area (Å²) in [7, 11) is 0. The molecule has 82 valence electrons. The molecule has 1 aliphatic rings. The largest absolute Gasteiger partial charge is 0.508 e. The number of carboxylic acid groups (broad SMARTS) is 2. The number of carbonyl (C=O) groups is 3. The normalized spacial score (nSPS) is 12.0. The van der Waals surface area contributed by atoms with E-state index >= 15 is 0 Å². The molecule has 0 unspecified atom stereocenters. The lowest BCUT2D eigenvalue weighted by Crippen LogP contribution is -1.88. The molecule has 1 heterocycles. The van der Waals surface area contributed by atoms with Crippen LogP contribution in [-0.4, -0.2) is 41.5 Å². The molecule has 14 heavy (non-hydrogen) atoms. The Kier molecular flexibility index (Phi) is 9.78. The molecule has 0 radical (unpaired) electrons. The van der Waals surface area contributed by atoms with Gasteiger partial charge in [-0.2, -0.15) is 0 Å². The highest BCUT2D eigenvalue weighted by atomic mass is 16.8. The zero-order valence-corrected chi connectivity index (χ0v) is 7.85. The Morgan fingerprint density at radius 2 is 1.29 bits per heavy atom. The number of ether oxygens (including phenoxy) is 2. The summed E-state index contributed by atoms with van der Waals surface area (Å²) in [6.07, 6.45) is -0.546. The van der Waals surface area contributed by atoms with E-state index in [2.05, 4.69) is 9.47 Å². The van der Waals surface area contributed by atoms with Gasteiger partial charge in [0, 0.05) is 13.8 Å². The number of carbonyl (C=O) groups excluding carboxylic acids is 1. The number of hydrogen-bond acceptors (Lipinski definition) is 5. The van der Waals surface area contributed by atoms with Crippen molar-refractivity contribution in [3.63, 3.8) is 0 Å². The maximum atomic E-state index is 9.80. The first-order valence-electron chi connectivity index (χ1n) is 3.55. The molecular weight excluding hydrogens is 196 g/mol. The first-order valence-corrected chi connectivity index (χ1v) is 3.55. The van der Waals surface area contributed by atoms with Gasteiger partial charge in [-0.15, -0.1) is 0 Å². The van der Waals surface area contributed by atoms with Crippen molar-refractivity contribution in [2.24, 2.45) is 0 Å². The molecule has 7 heteroatoms. The SMILES string of the molecule is CC(=O)O.CC(=O)O.O=C1OCCO1. The molecular formula is C7H12O7. The maximum absolute atomic E-state index is 9.80. The molecule has 1 aliphatic heterocycles. The van der Waals surface area contributed by atoms with Crippen LogP contribution in [0.15, 0.2) is 0 Å². The molecule has 0 atom stereocenters. The maximum Gasteiger partial charge on any atom is 0.508 e. The van der Waals surface area contributed by atoms with Gasteiger partial charge in [0.1, 0.15) is 13.2 Å². The van der Waals surface area contributed by atoms with Crippen LogP contribution in [0, 0.1) is 0 Å². The molecule has 0 aromatic carbocycles. The summed E-state index contributed by atoms with van der Waals surface area (Å²) < 4.78 is 8.58. The molecule has 0 amide bonds. The van der Waals surface area contributed by atoms with Crippen molar-refractivity contribution < 1.29 is 34.1 Å². The van der Waals surface area contributed by atoms with Gasteiger partial charge in [-0.25, -0.2) is 4.79 Å². The van der Waals surface area contributed by atoms with Crippen molar-refractivity contribution in [1.29, 1.82) is 0 Å². The van der Waals surface area contributed by atoms with E-state index in [1.54, 1.807) is 0 Å². The van der Waals surface area contributed by atoms with Gasteiger partial charge in [0.2, 0.25) is 0 Å². The van der Waals surface area contributed by atoms with Gasteiger partial charge in [0.25, 0.3) is 11.9 Å². The van der Waals surface area contributed by atoms with E-state index in [9.17, 15) is 4.79 Å². The molecule has 0 bridgehead atoms. The van der Waals surface area contributed by atoms with E-state index in [1.807, 2.05) is 0 Å². The van der Waals surface area contributed by atoms with E-state index in [0.717, 1.165) is 13.8 Å². The van der Waals surface area contributed by atoms with E-state index in [-0.39, 0.29) is 0 Å². The van der Waals surface area contributed by atoms with Crippen LogP contribution in [0.2, 0.25) is 0 Å². The Labute approximate surface area is 80.2 Å². The lowest BCUT2D eigenvalue weighted by Gasteiger charge is -1.78. The smallest absolute Gasteiger partial charge is 0.481 e. The molecule has 1 saturated heterocycles. The number of carboxylic acids is 2. The number of rotatable bonds is 0. The monoisotopic (exact) mass is 208 g/mol. The zero-order valence-electron chi connectivity index (χ0n) is 7.85. The lowest BCUT2D eigenvalue weighted by atomic mass is 10.8. The van der Waals surface area contributed by atoms with Crippen molar-refractivity contribution in [2.75, 3.05) is 13.2 Å². The summed E-state index contributed by atoms with van der Waals surface area (Å²) in [4.78, 5) is 27.8. The standard InChI is InChI=1S/C3H4O3.2C2H4O2/c4-3-5-1-2-6-3;2*1-2(3)4/h1-2H2;2*1H3,(H,3,4). The van der Waals surface area contributed by atoms with Gasteiger partial charge in [-0.1, -0.05) is 0 Å². The minimum Gasteiger partial charge on any atom is -0.481 e. The van der Waals surface area contributed by atoms with Gasteiger partial charge in [0.05, 0.1) is 0 Å². The average molecular weight is 208 g/mol. The van der Waals surface area contributed by atoms with E-state index in [0.29, 0.717) is 13.2 Å². The minimum atomic E-state index is -0.833. The van der Waals surface area contributed by atoms with Gasteiger partial charge in [-0.3, -0.25) is 9.59 Å². The second-order valence-corrected chi connectivity index (χ2v) is 1.98. The van der Waals surface area contributed by atoms with E-state index in [1.165, 1.54) is 0 Å². The van der Waals surface area contributed by atoms with Crippen molar-refractivity contribution >= 4 is 18.1 Å². The van der Waals surface area contributed by atoms with Crippen LogP contribution in [0.3, 0.4) is 0 Å². The predicted octanol–water partition coefficient (Wildman–Crippen LogP) is 0.335. The summed E-state index contributed by atoms with van der Waals surface area (Å²) in [5, 5.41) is 14.8. The Morgan fingerprint density at radius 1 is 1.07 bits per heavy atom. The van der Waals surface area contributed by atoms with Crippen molar-refractivity contribution in [3.8, 4) is 0 Å². The highest BCUT2D eigenvalue weighted by molar-refractivity contribution is 5.63. The van der Waals surface area contributed by atoms with Gasteiger partial charge < -0.3 is 19.7 Å². The second kappa shape index (κ2) is 9.30. The third kappa shape index (κ3) is 31.9. The molecule has 1 rings (SSSR count). The summed E-state index contributed by atoms with van der Waals surface area (Å²) >= 11 is 0. The molecule has 0 aromatic heterocycles. The number of cyclic esters (lactones) is 2. The summed E-state index contributed by atoms with van der Waals surface area (Å²) in [6, 6.07) is 0. The van der Waals surface area contributed by atoms with Crippen molar-refractivity contribution in [2.45, 2.75) is 13.8 Å². The van der Waals surface area contributed by atoms with Crippen LogP contribution >= 0.6 is 0 Å². The molecule has 1 fully saturated rings. The average Bonchev–Trinajstić information content (AvgIpc) is 2.36. The lowest BCUT2D eigenvalue weighted by molar-refractivity contribution is -0.135. The molecule has 0 aliphatic carbocycles. The van der Waals surface area contributed by atoms with Crippen LogP contribution < -0.4 is 0 Å². The molecule has 7 nitrogen and oxygen atoms in total. The quantitative estimate of drug-likeness (QED) is 0.552. The van der Waals surface area contributed by atoms with Crippen LogP contribution in [0.1, 0.15) is 13.8 Å². The van der Waals surface area contributed by atoms with Gasteiger partial charge in [-0.05, 0) is 0 Å². The summed E-state index contributed by atoms with van der Waals surface area (Å²) in [5.41, 5.74) is 0. The highest BCUT2D eigenvalue weighted by Crippen LogP contribution is 1.92. The second-order valence-electron chi connectivity index (χ2n) is 1.98. The fourth-order valence-corrected chi connectivity index (χ4v) is 0.292. The minimum absolute atomic E-state index is 0.416. The third-order valence-corrected chi connectivity index (χ3v) is 0.523. The summed E-state index contributed by atoms with van der Waals surface area (Å²) in [5.74, 6) is -1.67. The molecule has 0 aromatic rings. The Bertz CT molecular complexity index is 170. The number of hydrogen-bond donors (Lipinski definition) is 2. The van der Waals surface area contributed by atoms with Crippen LogP contribution in [0.25, 0.3) is 0 Å². The first kappa shape index (κ1) is 14.7. The zero-order chi connectivity index (χ0) is 11.6. The van der Waals surface area contributed by atoms with E-state index in [4.69, 9.17) is 19.8 Å². The Hall–Kier alpha value is -1.79.